The van der Waals surface area contributed by atoms with Gasteiger partial charge in [0.05, 0.1) is 10.9 Å². The SMILES string of the molecule is Cc1ccc(S(=O)(=O)N2CC(C)(C)CCC2c2ccccc2)cc1. The summed E-state index contributed by atoms with van der Waals surface area (Å²) in [5, 5.41) is 0. The molecule has 1 atom stereocenters. The van der Waals surface area contributed by atoms with Gasteiger partial charge in [-0.1, -0.05) is 61.9 Å². The van der Waals surface area contributed by atoms with E-state index in [1.165, 1.54) is 0 Å². The van der Waals surface area contributed by atoms with Crippen molar-refractivity contribution in [2.75, 3.05) is 6.54 Å². The van der Waals surface area contributed by atoms with E-state index in [1.54, 1.807) is 16.4 Å². The quantitative estimate of drug-likeness (QED) is 0.820. The van der Waals surface area contributed by atoms with E-state index >= 15 is 0 Å². The van der Waals surface area contributed by atoms with E-state index in [2.05, 4.69) is 13.8 Å². The highest BCUT2D eigenvalue weighted by Gasteiger charge is 2.40. The molecule has 3 rings (SSSR count). The molecule has 4 heteroatoms. The van der Waals surface area contributed by atoms with E-state index in [4.69, 9.17) is 0 Å². The Hall–Kier alpha value is -1.65. The molecule has 1 unspecified atom stereocenters. The summed E-state index contributed by atoms with van der Waals surface area (Å²) >= 11 is 0. The van der Waals surface area contributed by atoms with Gasteiger partial charge < -0.3 is 0 Å². The first-order valence-electron chi connectivity index (χ1n) is 8.43. The maximum absolute atomic E-state index is 13.3. The van der Waals surface area contributed by atoms with Crippen molar-refractivity contribution in [2.24, 2.45) is 5.41 Å². The van der Waals surface area contributed by atoms with Gasteiger partial charge in [-0.25, -0.2) is 8.42 Å². The van der Waals surface area contributed by atoms with Crippen LogP contribution in [0.25, 0.3) is 0 Å². The molecule has 1 aliphatic heterocycles. The number of piperidine rings is 1. The summed E-state index contributed by atoms with van der Waals surface area (Å²) in [6.07, 6.45) is 1.87. The molecule has 1 saturated heterocycles. The Balaban J connectivity index is 2.03. The maximum Gasteiger partial charge on any atom is 0.243 e. The smallest absolute Gasteiger partial charge is 0.207 e. The topological polar surface area (TPSA) is 37.4 Å². The fourth-order valence-electron chi connectivity index (χ4n) is 3.39. The number of rotatable bonds is 3. The number of aryl methyl sites for hydroxylation is 1. The second kappa shape index (κ2) is 6.34. The standard InChI is InChI=1S/C20H25NO2S/c1-16-9-11-18(12-10-16)24(22,23)21-15-20(2,3)14-13-19(21)17-7-5-4-6-8-17/h4-12,19H,13-15H2,1-3H3. The van der Waals surface area contributed by atoms with Crippen molar-refractivity contribution in [3.8, 4) is 0 Å². The van der Waals surface area contributed by atoms with Gasteiger partial charge in [0.1, 0.15) is 0 Å². The van der Waals surface area contributed by atoms with Gasteiger partial charge in [-0.15, -0.1) is 0 Å². The van der Waals surface area contributed by atoms with E-state index in [0.717, 1.165) is 24.0 Å². The second-order valence-electron chi connectivity index (χ2n) is 7.49. The average molecular weight is 343 g/mol. The zero-order valence-electron chi connectivity index (χ0n) is 14.6. The normalized spacial score (nSPS) is 21.5. The Morgan fingerprint density at radius 3 is 2.25 bits per heavy atom. The van der Waals surface area contributed by atoms with Gasteiger partial charge in [0.25, 0.3) is 0 Å². The molecule has 1 heterocycles. The summed E-state index contributed by atoms with van der Waals surface area (Å²) in [7, 11) is -3.51. The Morgan fingerprint density at radius 2 is 1.62 bits per heavy atom. The lowest BCUT2D eigenvalue weighted by molar-refractivity contribution is 0.135. The maximum atomic E-state index is 13.3. The molecule has 0 bridgehead atoms. The van der Waals surface area contributed by atoms with Crippen LogP contribution in [0.3, 0.4) is 0 Å². The van der Waals surface area contributed by atoms with Gasteiger partial charge >= 0.3 is 0 Å². The Labute approximate surface area is 145 Å². The molecule has 0 amide bonds. The average Bonchev–Trinajstić information content (AvgIpc) is 2.55. The van der Waals surface area contributed by atoms with Crippen LogP contribution in [0.5, 0.6) is 0 Å². The molecular weight excluding hydrogens is 318 g/mol. The first kappa shape index (κ1) is 17.2. The van der Waals surface area contributed by atoms with Crippen molar-refractivity contribution < 1.29 is 8.42 Å². The lowest BCUT2D eigenvalue weighted by Gasteiger charge is -2.43. The third-order valence-corrected chi connectivity index (χ3v) is 6.71. The molecule has 0 radical (unpaired) electrons. The molecule has 0 aliphatic carbocycles. The van der Waals surface area contributed by atoms with Crippen LogP contribution in [0.15, 0.2) is 59.5 Å². The Morgan fingerprint density at radius 1 is 1.00 bits per heavy atom. The summed E-state index contributed by atoms with van der Waals surface area (Å²) in [6.45, 7) is 6.80. The predicted molar refractivity (Wildman–Crippen MR) is 97.3 cm³/mol. The minimum atomic E-state index is -3.51. The van der Waals surface area contributed by atoms with Gasteiger partial charge in [0, 0.05) is 6.54 Å². The van der Waals surface area contributed by atoms with E-state index in [-0.39, 0.29) is 11.5 Å². The van der Waals surface area contributed by atoms with Crippen LogP contribution in [-0.4, -0.2) is 19.3 Å². The molecule has 3 nitrogen and oxygen atoms in total. The van der Waals surface area contributed by atoms with Crippen LogP contribution in [0.4, 0.5) is 0 Å². The molecule has 0 aromatic heterocycles. The zero-order valence-corrected chi connectivity index (χ0v) is 15.4. The number of hydrogen-bond donors (Lipinski definition) is 0. The van der Waals surface area contributed by atoms with Gasteiger partial charge in [-0.3, -0.25) is 0 Å². The van der Waals surface area contributed by atoms with E-state index in [0.29, 0.717) is 11.4 Å². The largest absolute Gasteiger partial charge is 0.243 e. The molecule has 2 aromatic rings. The Bertz CT molecular complexity index is 795. The zero-order chi connectivity index (χ0) is 17.4. The lowest BCUT2D eigenvalue weighted by Crippen LogP contribution is -2.45. The number of sulfonamides is 1. The molecule has 0 N–H and O–H groups in total. The molecule has 1 aliphatic rings. The van der Waals surface area contributed by atoms with E-state index < -0.39 is 10.0 Å². The summed E-state index contributed by atoms with van der Waals surface area (Å²) in [5.41, 5.74) is 2.12. The summed E-state index contributed by atoms with van der Waals surface area (Å²) < 4.78 is 28.3. The number of hydrogen-bond acceptors (Lipinski definition) is 2. The minimum absolute atomic E-state index is 0.0109. The van der Waals surface area contributed by atoms with Gasteiger partial charge in [-0.2, -0.15) is 4.31 Å². The van der Waals surface area contributed by atoms with Gasteiger partial charge in [0.15, 0.2) is 0 Å². The van der Waals surface area contributed by atoms with Crippen LogP contribution >= 0.6 is 0 Å². The van der Waals surface area contributed by atoms with Crippen molar-refractivity contribution in [2.45, 2.75) is 44.6 Å². The predicted octanol–water partition coefficient (Wildman–Crippen LogP) is 4.55. The van der Waals surface area contributed by atoms with Crippen LogP contribution in [0.2, 0.25) is 0 Å². The van der Waals surface area contributed by atoms with Crippen molar-refractivity contribution in [1.29, 1.82) is 0 Å². The third kappa shape index (κ3) is 3.40. The van der Waals surface area contributed by atoms with Crippen LogP contribution < -0.4 is 0 Å². The minimum Gasteiger partial charge on any atom is -0.207 e. The van der Waals surface area contributed by atoms with Gasteiger partial charge in [0.2, 0.25) is 10.0 Å². The lowest BCUT2D eigenvalue weighted by atomic mass is 9.81. The highest BCUT2D eigenvalue weighted by atomic mass is 32.2. The highest BCUT2D eigenvalue weighted by Crippen LogP contribution is 2.42. The highest BCUT2D eigenvalue weighted by molar-refractivity contribution is 7.89. The summed E-state index contributed by atoms with van der Waals surface area (Å²) in [5.74, 6) is 0. The van der Waals surface area contributed by atoms with Crippen LogP contribution in [-0.2, 0) is 10.0 Å². The fraction of sp³-hybridized carbons (Fsp3) is 0.400. The molecule has 1 fully saturated rings. The van der Waals surface area contributed by atoms with E-state index in [1.807, 2.05) is 49.4 Å². The van der Waals surface area contributed by atoms with Crippen molar-refractivity contribution in [3.63, 3.8) is 0 Å². The number of nitrogens with zero attached hydrogens (tertiary/aromatic N) is 1. The molecule has 0 saturated carbocycles. The molecule has 24 heavy (non-hydrogen) atoms. The first-order valence-corrected chi connectivity index (χ1v) is 9.87. The third-order valence-electron chi connectivity index (χ3n) is 4.84. The second-order valence-corrected chi connectivity index (χ2v) is 9.38. The van der Waals surface area contributed by atoms with Gasteiger partial charge in [-0.05, 0) is 42.9 Å². The molecular formula is C20H25NO2S. The van der Waals surface area contributed by atoms with Crippen molar-refractivity contribution in [3.05, 3.63) is 65.7 Å². The Kier molecular flexibility index (Phi) is 4.54. The number of benzene rings is 2. The first-order chi connectivity index (χ1) is 11.3. The summed E-state index contributed by atoms with van der Waals surface area (Å²) in [6, 6.07) is 17.0. The van der Waals surface area contributed by atoms with Crippen LogP contribution in [0.1, 0.15) is 43.9 Å². The monoisotopic (exact) mass is 343 g/mol. The fourth-order valence-corrected chi connectivity index (χ4v) is 5.22. The molecule has 128 valence electrons. The van der Waals surface area contributed by atoms with Crippen molar-refractivity contribution in [1.82, 2.24) is 4.31 Å². The molecule has 0 spiro atoms. The van der Waals surface area contributed by atoms with Crippen LogP contribution in [0, 0.1) is 12.3 Å². The molecule has 2 aromatic carbocycles. The summed E-state index contributed by atoms with van der Waals surface area (Å²) in [4.78, 5) is 0.381. The van der Waals surface area contributed by atoms with E-state index in [9.17, 15) is 8.42 Å². The van der Waals surface area contributed by atoms with Crippen molar-refractivity contribution >= 4 is 10.0 Å².